The maximum Gasteiger partial charge on any atom is 0.137 e. The molecule has 1 aliphatic carbocycles. The molecule has 3 aromatic heterocycles. The molecule has 1 fully saturated rings. The van der Waals surface area contributed by atoms with Crippen LogP contribution in [-0.2, 0) is 0 Å². The fraction of sp³-hybridized carbons (Fsp3) is 0.294. The smallest absolute Gasteiger partial charge is 0.137 e. The van der Waals surface area contributed by atoms with E-state index < -0.39 is 0 Å². The third kappa shape index (κ3) is 2.79. The van der Waals surface area contributed by atoms with E-state index >= 15 is 0 Å². The van der Waals surface area contributed by atoms with Gasteiger partial charge < -0.3 is 10.3 Å². The van der Waals surface area contributed by atoms with E-state index in [1.54, 1.807) is 12.4 Å². The molecule has 1 atom stereocenters. The third-order valence-electron chi connectivity index (χ3n) is 4.28. The van der Waals surface area contributed by atoms with E-state index in [-0.39, 0.29) is 6.04 Å². The first-order valence-corrected chi connectivity index (χ1v) is 7.83. The van der Waals surface area contributed by atoms with Gasteiger partial charge in [-0.25, -0.2) is 15.5 Å². The van der Waals surface area contributed by atoms with Crippen molar-refractivity contribution in [2.75, 3.05) is 11.9 Å². The Morgan fingerprint density at radius 1 is 1.30 bits per heavy atom. The van der Waals surface area contributed by atoms with Crippen LogP contribution in [0.4, 0.5) is 5.82 Å². The van der Waals surface area contributed by atoms with Crippen LogP contribution in [-0.4, -0.2) is 21.5 Å². The lowest BCUT2D eigenvalue weighted by molar-refractivity contribution is 0.776. The van der Waals surface area contributed by atoms with Crippen molar-refractivity contribution in [3.63, 3.8) is 0 Å². The van der Waals surface area contributed by atoms with Crippen LogP contribution in [0.2, 0.25) is 0 Å². The normalized spacial score (nSPS) is 15.5. The largest absolute Gasteiger partial charge is 0.370 e. The van der Waals surface area contributed by atoms with E-state index in [0.29, 0.717) is 0 Å². The van der Waals surface area contributed by atoms with Gasteiger partial charge in [0.2, 0.25) is 0 Å². The molecule has 1 unspecified atom stereocenters. The minimum absolute atomic E-state index is 0.363. The molecule has 3 N–H and O–H groups in total. The van der Waals surface area contributed by atoms with Crippen LogP contribution < -0.4 is 5.32 Å². The number of hydrogen-bond donors (Lipinski definition) is 3. The van der Waals surface area contributed by atoms with Crippen LogP contribution in [0.15, 0.2) is 48.0 Å². The van der Waals surface area contributed by atoms with Crippen molar-refractivity contribution in [3.8, 4) is 0 Å². The molecule has 6 nitrogen and oxygen atoms in total. The summed E-state index contributed by atoms with van der Waals surface area (Å²) in [6, 6.07) is 7.47. The Balaban J connectivity index is 1.60. The molecule has 4 rings (SSSR count). The zero-order valence-corrected chi connectivity index (χ0v) is 12.7. The van der Waals surface area contributed by atoms with Gasteiger partial charge in [0.05, 0.1) is 0 Å². The monoisotopic (exact) mass is 306 g/mol. The topological polar surface area (TPSA) is 89.8 Å². The minimum atomic E-state index is -0.363. The molecule has 6 heteroatoms. The number of fused-ring (bicyclic) bond motifs is 1. The first-order chi connectivity index (χ1) is 11.3. The van der Waals surface area contributed by atoms with Crippen LogP contribution in [0.25, 0.3) is 11.0 Å². The molecule has 0 saturated heterocycles. The summed E-state index contributed by atoms with van der Waals surface area (Å²) in [4.78, 5) is 11.9. The molecule has 0 radical (unpaired) electrons. The molecular formula is C17H18N6. The van der Waals surface area contributed by atoms with Crippen LogP contribution >= 0.6 is 0 Å². The molecule has 3 heterocycles. The van der Waals surface area contributed by atoms with Crippen LogP contribution in [0.5, 0.6) is 0 Å². The lowest BCUT2D eigenvalue weighted by atomic mass is 10.0. The van der Waals surface area contributed by atoms with Crippen molar-refractivity contribution >= 4 is 16.9 Å². The van der Waals surface area contributed by atoms with Gasteiger partial charge >= 0.3 is 0 Å². The summed E-state index contributed by atoms with van der Waals surface area (Å²) in [6.07, 6.45) is 8.06. The van der Waals surface area contributed by atoms with Crippen molar-refractivity contribution in [1.82, 2.24) is 15.0 Å². The second-order valence-corrected chi connectivity index (χ2v) is 5.98. The zero-order chi connectivity index (χ0) is 15.6. The Labute approximate surface area is 133 Å². The van der Waals surface area contributed by atoms with Gasteiger partial charge in [-0.15, -0.1) is 0 Å². The maximum absolute atomic E-state index is 7.60. The number of hydrogen-bond acceptors (Lipinski definition) is 5. The fourth-order valence-corrected chi connectivity index (χ4v) is 2.77. The van der Waals surface area contributed by atoms with Crippen LogP contribution in [0.1, 0.15) is 30.0 Å². The summed E-state index contributed by atoms with van der Waals surface area (Å²) in [7, 11) is 0. The molecule has 116 valence electrons. The maximum atomic E-state index is 7.60. The molecule has 1 saturated carbocycles. The van der Waals surface area contributed by atoms with Gasteiger partial charge in [0.1, 0.15) is 17.5 Å². The van der Waals surface area contributed by atoms with Gasteiger partial charge in [0.15, 0.2) is 0 Å². The van der Waals surface area contributed by atoms with Gasteiger partial charge in [-0.2, -0.15) is 5.11 Å². The molecule has 3 aromatic rings. The molecule has 0 aliphatic heterocycles. The number of anilines is 1. The first kappa shape index (κ1) is 13.9. The zero-order valence-electron chi connectivity index (χ0n) is 12.7. The van der Waals surface area contributed by atoms with E-state index in [1.165, 1.54) is 12.8 Å². The summed E-state index contributed by atoms with van der Waals surface area (Å²) in [6.45, 7) is 0.993. The molecule has 0 spiro atoms. The first-order valence-electron chi connectivity index (χ1n) is 7.83. The highest BCUT2D eigenvalue weighted by atomic mass is 15.0. The molecule has 0 aromatic carbocycles. The molecule has 0 amide bonds. The van der Waals surface area contributed by atoms with Gasteiger partial charge in [-0.1, -0.05) is 6.07 Å². The number of pyridine rings is 2. The Hall–Kier alpha value is -2.76. The quantitative estimate of drug-likeness (QED) is 0.603. The second-order valence-electron chi connectivity index (χ2n) is 5.98. The Morgan fingerprint density at radius 2 is 2.22 bits per heavy atom. The minimum Gasteiger partial charge on any atom is -0.370 e. The number of rotatable bonds is 6. The van der Waals surface area contributed by atoms with E-state index in [1.807, 2.05) is 30.5 Å². The van der Waals surface area contributed by atoms with Crippen molar-refractivity contribution in [2.24, 2.45) is 11.0 Å². The highest BCUT2D eigenvalue weighted by Crippen LogP contribution is 2.31. The highest BCUT2D eigenvalue weighted by molar-refractivity contribution is 5.80. The van der Waals surface area contributed by atoms with Crippen molar-refractivity contribution in [3.05, 3.63) is 54.0 Å². The predicted octanol–water partition coefficient (Wildman–Crippen LogP) is 3.90. The van der Waals surface area contributed by atoms with Gasteiger partial charge in [0.25, 0.3) is 0 Å². The number of H-pyrrole nitrogens is 1. The summed E-state index contributed by atoms with van der Waals surface area (Å²) in [5.41, 5.74) is 10.3. The second kappa shape index (κ2) is 5.79. The van der Waals surface area contributed by atoms with Gasteiger partial charge in [-0.3, -0.25) is 0 Å². The van der Waals surface area contributed by atoms with Gasteiger partial charge in [0, 0.05) is 41.6 Å². The number of aromatic amines is 1. The summed E-state index contributed by atoms with van der Waals surface area (Å²) < 4.78 is 0. The average Bonchev–Trinajstić information content (AvgIpc) is 3.34. The highest BCUT2D eigenvalue weighted by Gasteiger charge is 2.21. The average molecular weight is 306 g/mol. The van der Waals surface area contributed by atoms with Gasteiger partial charge in [-0.05, 0) is 37.0 Å². The number of nitrogens with one attached hydrogen (secondary N) is 3. The van der Waals surface area contributed by atoms with E-state index in [9.17, 15) is 0 Å². The molecule has 1 aliphatic rings. The van der Waals surface area contributed by atoms with E-state index in [4.69, 9.17) is 5.53 Å². The number of nitrogens with zero attached hydrogens (tertiary/aromatic N) is 3. The lowest BCUT2D eigenvalue weighted by Gasteiger charge is -2.11. The van der Waals surface area contributed by atoms with E-state index in [0.717, 1.165) is 40.4 Å². The van der Waals surface area contributed by atoms with Crippen LogP contribution in [0.3, 0.4) is 0 Å². The SMILES string of the molecule is N=NC(c1ccc(NCC2CC2)nc1)c1c[nH]c2ncccc12. The van der Waals surface area contributed by atoms with Crippen LogP contribution in [0, 0.1) is 11.4 Å². The molecular weight excluding hydrogens is 288 g/mol. The summed E-state index contributed by atoms with van der Waals surface area (Å²) in [5.74, 6) is 1.69. The molecule has 0 bridgehead atoms. The standard InChI is InChI=1S/C17H18N6/c18-23-16(14-10-22-17-13(14)2-1-7-19-17)12-5-6-15(21-9-12)20-8-11-3-4-11/h1-2,5-7,9-11,16,18H,3-4,8H2,(H,19,22)(H,20,21). The predicted molar refractivity (Wildman–Crippen MR) is 88.5 cm³/mol. The number of aromatic nitrogens is 3. The van der Waals surface area contributed by atoms with Crippen molar-refractivity contribution in [2.45, 2.75) is 18.9 Å². The summed E-state index contributed by atoms with van der Waals surface area (Å²) in [5, 5.41) is 8.15. The Kier molecular flexibility index (Phi) is 3.49. The third-order valence-corrected chi connectivity index (χ3v) is 4.28. The Bertz CT molecular complexity index is 818. The summed E-state index contributed by atoms with van der Waals surface area (Å²) >= 11 is 0. The molecule has 23 heavy (non-hydrogen) atoms. The Morgan fingerprint density at radius 3 is 2.96 bits per heavy atom. The van der Waals surface area contributed by atoms with Crippen molar-refractivity contribution < 1.29 is 0 Å². The van der Waals surface area contributed by atoms with E-state index in [2.05, 4.69) is 25.4 Å². The fourth-order valence-electron chi connectivity index (χ4n) is 2.77. The lowest BCUT2D eigenvalue weighted by Crippen LogP contribution is -2.05. The van der Waals surface area contributed by atoms with Crippen molar-refractivity contribution in [1.29, 1.82) is 5.53 Å².